The van der Waals surface area contributed by atoms with E-state index in [1.807, 2.05) is 4.68 Å². The van der Waals surface area contributed by atoms with Gasteiger partial charge in [0.25, 0.3) is 0 Å². The van der Waals surface area contributed by atoms with Gasteiger partial charge in [0.15, 0.2) is 5.82 Å². The van der Waals surface area contributed by atoms with Gasteiger partial charge in [-0.1, -0.05) is 0 Å². The number of hydrogen-bond acceptors (Lipinski definition) is 5. The first-order valence-corrected chi connectivity index (χ1v) is 6.99. The van der Waals surface area contributed by atoms with Crippen LogP contribution >= 0.6 is 0 Å². The fourth-order valence-electron chi connectivity index (χ4n) is 2.73. The van der Waals surface area contributed by atoms with Crippen LogP contribution in [0.25, 0.3) is 0 Å². The molecule has 2 fully saturated rings. The van der Waals surface area contributed by atoms with E-state index in [0.717, 1.165) is 37.9 Å². The van der Waals surface area contributed by atoms with Crippen LogP contribution in [-0.4, -0.2) is 51.8 Å². The van der Waals surface area contributed by atoms with Gasteiger partial charge in [-0.05, 0) is 62.2 Å². The largest absolute Gasteiger partial charge is 0.317 e. The Balaban J connectivity index is 1.53. The molecule has 1 N–H and O–H groups in total. The molecule has 0 radical (unpaired) electrons. The van der Waals surface area contributed by atoms with Crippen molar-refractivity contribution in [2.24, 2.45) is 5.92 Å². The molecule has 100 valence electrons. The summed E-state index contributed by atoms with van der Waals surface area (Å²) in [5.41, 5.74) is 0. The van der Waals surface area contributed by atoms with Gasteiger partial charge in [0.05, 0.1) is 12.6 Å². The summed E-state index contributed by atoms with van der Waals surface area (Å²) in [5, 5.41) is 15.5. The van der Waals surface area contributed by atoms with Gasteiger partial charge >= 0.3 is 0 Å². The minimum absolute atomic E-state index is 0.572. The quantitative estimate of drug-likeness (QED) is 0.821. The Labute approximate surface area is 108 Å². The van der Waals surface area contributed by atoms with Crippen molar-refractivity contribution in [2.45, 2.75) is 38.3 Å². The van der Waals surface area contributed by atoms with Gasteiger partial charge in [-0.3, -0.25) is 4.90 Å². The molecule has 1 saturated heterocycles. The smallest absolute Gasteiger partial charge is 0.165 e. The van der Waals surface area contributed by atoms with Gasteiger partial charge < -0.3 is 5.32 Å². The second kappa shape index (κ2) is 5.32. The molecule has 18 heavy (non-hydrogen) atoms. The van der Waals surface area contributed by atoms with Gasteiger partial charge in [0, 0.05) is 6.54 Å². The molecular formula is C12H22N6. The number of piperidine rings is 1. The summed E-state index contributed by atoms with van der Waals surface area (Å²) in [4.78, 5) is 2.36. The molecule has 6 heteroatoms. The zero-order valence-electron chi connectivity index (χ0n) is 11.0. The lowest BCUT2D eigenvalue weighted by Gasteiger charge is -2.27. The molecule has 1 aromatic rings. The highest BCUT2D eigenvalue weighted by Gasteiger charge is 2.28. The Morgan fingerprint density at radius 1 is 1.28 bits per heavy atom. The van der Waals surface area contributed by atoms with Crippen molar-refractivity contribution in [3.05, 3.63) is 5.82 Å². The van der Waals surface area contributed by atoms with Crippen molar-refractivity contribution in [3.8, 4) is 0 Å². The van der Waals surface area contributed by atoms with E-state index < -0.39 is 0 Å². The maximum absolute atomic E-state index is 4.16. The van der Waals surface area contributed by atoms with Crippen LogP contribution in [0.5, 0.6) is 0 Å². The van der Waals surface area contributed by atoms with E-state index in [1.54, 1.807) is 0 Å². The van der Waals surface area contributed by atoms with Crippen LogP contribution in [0.3, 0.4) is 0 Å². The van der Waals surface area contributed by atoms with Gasteiger partial charge in [0.2, 0.25) is 0 Å². The van der Waals surface area contributed by atoms with E-state index in [2.05, 4.69) is 32.8 Å². The number of rotatable bonds is 5. The zero-order valence-corrected chi connectivity index (χ0v) is 11.0. The fourth-order valence-corrected chi connectivity index (χ4v) is 2.73. The molecule has 2 aliphatic rings. The van der Waals surface area contributed by atoms with E-state index in [0.29, 0.717) is 6.04 Å². The summed E-state index contributed by atoms with van der Waals surface area (Å²) in [5.74, 6) is 1.84. The predicted molar refractivity (Wildman–Crippen MR) is 68.0 cm³/mol. The molecule has 1 aromatic heterocycles. The van der Waals surface area contributed by atoms with Gasteiger partial charge in [-0.15, -0.1) is 5.10 Å². The highest BCUT2D eigenvalue weighted by atomic mass is 15.6. The van der Waals surface area contributed by atoms with Crippen molar-refractivity contribution in [3.63, 3.8) is 0 Å². The molecule has 1 aliphatic carbocycles. The molecule has 1 saturated carbocycles. The van der Waals surface area contributed by atoms with Crippen LogP contribution in [0.15, 0.2) is 0 Å². The van der Waals surface area contributed by atoms with Gasteiger partial charge in [-0.2, -0.15) is 0 Å². The molecule has 0 spiro atoms. The molecule has 2 heterocycles. The van der Waals surface area contributed by atoms with Crippen LogP contribution in [-0.2, 0) is 6.54 Å². The van der Waals surface area contributed by atoms with Gasteiger partial charge in [0.1, 0.15) is 0 Å². The van der Waals surface area contributed by atoms with E-state index in [4.69, 9.17) is 0 Å². The molecule has 0 bridgehead atoms. The summed E-state index contributed by atoms with van der Waals surface area (Å²) >= 11 is 0. The van der Waals surface area contributed by atoms with E-state index >= 15 is 0 Å². The third-order valence-electron chi connectivity index (χ3n) is 3.89. The number of aromatic nitrogens is 4. The molecule has 1 aliphatic heterocycles. The van der Waals surface area contributed by atoms with Gasteiger partial charge in [-0.25, -0.2) is 4.68 Å². The summed E-state index contributed by atoms with van der Waals surface area (Å²) in [7, 11) is 2.17. The summed E-state index contributed by atoms with van der Waals surface area (Å²) in [6.07, 6.45) is 5.04. The van der Waals surface area contributed by atoms with Crippen LogP contribution in [0.2, 0.25) is 0 Å². The third kappa shape index (κ3) is 2.87. The second-order valence-electron chi connectivity index (χ2n) is 5.66. The maximum atomic E-state index is 4.16. The maximum Gasteiger partial charge on any atom is 0.165 e. The monoisotopic (exact) mass is 250 g/mol. The molecule has 6 nitrogen and oxygen atoms in total. The normalized spacial score (nSPS) is 21.7. The standard InChI is InChI=1S/C12H22N6/c1-17(8-10-4-6-13-7-5-10)9-12-14-15-16-18(12)11-2-3-11/h10-11,13H,2-9H2,1H3. The Kier molecular flexibility index (Phi) is 3.56. The Hall–Kier alpha value is -1.01. The van der Waals surface area contributed by atoms with Crippen LogP contribution < -0.4 is 5.32 Å². The Morgan fingerprint density at radius 3 is 2.78 bits per heavy atom. The van der Waals surface area contributed by atoms with Crippen molar-refractivity contribution < 1.29 is 0 Å². The lowest BCUT2D eigenvalue weighted by Crippen LogP contribution is -2.34. The van der Waals surface area contributed by atoms with E-state index in [1.165, 1.54) is 25.7 Å². The highest BCUT2D eigenvalue weighted by molar-refractivity contribution is 4.90. The van der Waals surface area contributed by atoms with Crippen LogP contribution in [0, 0.1) is 5.92 Å². The molecule has 0 aromatic carbocycles. The lowest BCUT2D eigenvalue weighted by molar-refractivity contribution is 0.227. The fraction of sp³-hybridized carbons (Fsp3) is 0.917. The summed E-state index contributed by atoms with van der Waals surface area (Å²) in [6, 6.07) is 0.572. The number of tetrazole rings is 1. The van der Waals surface area contributed by atoms with Crippen molar-refractivity contribution in [2.75, 3.05) is 26.7 Å². The van der Waals surface area contributed by atoms with E-state index in [9.17, 15) is 0 Å². The average molecular weight is 250 g/mol. The first-order chi connectivity index (χ1) is 8.83. The van der Waals surface area contributed by atoms with Crippen molar-refractivity contribution >= 4 is 0 Å². The minimum atomic E-state index is 0.572. The molecule has 0 unspecified atom stereocenters. The third-order valence-corrected chi connectivity index (χ3v) is 3.89. The number of nitrogens with zero attached hydrogens (tertiary/aromatic N) is 5. The Morgan fingerprint density at radius 2 is 2.06 bits per heavy atom. The number of nitrogens with one attached hydrogen (secondary N) is 1. The molecule has 0 amide bonds. The topological polar surface area (TPSA) is 58.9 Å². The van der Waals surface area contributed by atoms with Crippen LogP contribution in [0.1, 0.15) is 37.5 Å². The molecule has 0 atom stereocenters. The van der Waals surface area contributed by atoms with Crippen molar-refractivity contribution in [1.29, 1.82) is 0 Å². The lowest BCUT2D eigenvalue weighted by atomic mass is 9.98. The van der Waals surface area contributed by atoms with Crippen LogP contribution in [0.4, 0.5) is 0 Å². The van der Waals surface area contributed by atoms with E-state index in [-0.39, 0.29) is 0 Å². The first kappa shape index (κ1) is 12.0. The SMILES string of the molecule is CN(Cc1nnnn1C1CC1)CC1CCNCC1. The highest BCUT2D eigenvalue weighted by Crippen LogP contribution is 2.34. The predicted octanol–water partition coefficient (Wildman–Crippen LogP) is 0.439. The Bertz CT molecular complexity index is 380. The second-order valence-corrected chi connectivity index (χ2v) is 5.66. The number of hydrogen-bond donors (Lipinski definition) is 1. The zero-order chi connectivity index (χ0) is 12.4. The molecule has 3 rings (SSSR count). The molecular weight excluding hydrogens is 228 g/mol. The first-order valence-electron chi connectivity index (χ1n) is 6.99. The summed E-state index contributed by atoms with van der Waals surface area (Å²) in [6.45, 7) is 4.35. The van der Waals surface area contributed by atoms with Crippen molar-refractivity contribution in [1.82, 2.24) is 30.4 Å². The average Bonchev–Trinajstić information content (AvgIpc) is 3.12. The minimum Gasteiger partial charge on any atom is -0.317 e. The summed E-state index contributed by atoms with van der Waals surface area (Å²) < 4.78 is 2.01.